The van der Waals surface area contributed by atoms with Crippen molar-refractivity contribution < 1.29 is 9.90 Å². The Balaban J connectivity index is 1.81. The number of phenolic OH excluding ortho intramolecular Hbond substituents is 1. The van der Waals surface area contributed by atoms with Gasteiger partial charge in [0.2, 0.25) is 0 Å². The Kier molecular flexibility index (Phi) is 4.04. The summed E-state index contributed by atoms with van der Waals surface area (Å²) in [6.07, 6.45) is 0. The molecule has 0 saturated carbocycles. The molecule has 0 atom stereocenters. The quantitative estimate of drug-likeness (QED) is 0.680. The number of rotatable bonds is 3. The summed E-state index contributed by atoms with van der Waals surface area (Å²) in [5.41, 5.74) is 3.10. The van der Waals surface area contributed by atoms with Crippen molar-refractivity contribution in [3.8, 4) is 17.0 Å². The fraction of sp³-hybridized carbons (Fsp3) is 0.0588. The van der Waals surface area contributed by atoms with E-state index in [4.69, 9.17) is 11.6 Å². The SMILES string of the molecule is Cc1cccc(-c2cc(NC(=O)c3cc(O)ccc3Cl)n[nH]2)c1. The number of amides is 1. The number of aryl methyl sites for hydroxylation is 1. The standard InChI is InChI=1S/C17H14ClN3O2/c1-10-3-2-4-11(7-10)15-9-16(21-20-15)19-17(23)13-8-12(22)5-6-14(13)18/h2-9,22H,1H3,(H2,19,20,21,23). The second-order valence-corrected chi connectivity index (χ2v) is 5.56. The largest absolute Gasteiger partial charge is 0.508 e. The van der Waals surface area contributed by atoms with Gasteiger partial charge in [-0.05, 0) is 36.8 Å². The lowest BCUT2D eigenvalue weighted by Gasteiger charge is -2.04. The molecule has 0 unspecified atom stereocenters. The first-order chi connectivity index (χ1) is 11.0. The third kappa shape index (κ3) is 3.35. The average molecular weight is 328 g/mol. The molecular weight excluding hydrogens is 314 g/mol. The summed E-state index contributed by atoms with van der Waals surface area (Å²) in [7, 11) is 0. The zero-order valence-electron chi connectivity index (χ0n) is 12.3. The van der Waals surface area contributed by atoms with E-state index in [1.807, 2.05) is 31.2 Å². The normalized spacial score (nSPS) is 10.5. The zero-order valence-corrected chi connectivity index (χ0v) is 13.1. The molecule has 0 aliphatic heterocycles. The number of aromatic hydroxyl groups is 1. The van der Waals surface area contributed by atoms with Crippen LogP contribution in [-0.4, -0.2) is 21.2 Å². The van der Waals surface area contributed by atoms with Crippen LogP contribution in [0, 0.1) is 6.92 Å². The summed E-state index contributed by atoms with van der Waals surface area (Å²) in [6, 6.07) is 13.9. The Morgan fingerprint density at radius 1 is 1.22 bits per heavy atom. The van der Waals surface area contributed by atoms with Crippen LogP contribution < -0.4 is 5.32 Å². The highest BCUT2D eigenvalue weighted by atomic mass is 35.5. The minimum absolute atomic E-state index is 0.0259. The molecule has 0 bridgehead atoms. The predicted octanol–water partition coefficient (Wildman–Crippen LogP) is 4.00. The smallest absolute Gasteiger partial charge is 0.258 e. The first kappa shape index (κ1) is 15.1. The van der Waals surface area contributed by atoms with E-state index < -0.39 is 5.91 Å². The van der Waals surface area contributed by atoms with Crippen LogP contribution >= 0.6 is 11.6 Å². The maximum atomic E-state index is 12.2. The van der Waals surface area contributed by atoms with Crippen LogP contribution in [0.3, 0.4) is 0 Å². The van der Waals surface area contributed by atoms with Gasteiger partial charge >= 0.3 is 0 Å². The highest BCUT2D eigenvalue weighted by molar-refractivity contribution is 6.34. The van der Waals surface area contributed by atoms with E-state index in [1.54, 1.807) is 6.07 Å². The summed E-state index contributed by atoms with van der Waals surface area (Å²) < 4.78 is 0. The summed E-state index contributed by atoms with van der Waals surface area (Å²) in [6.45, 7) is 2.01. The Hall–Kier alpha value is -2.79. The number of benzene rings is 2. The number of carbonyl (C=O) groups is 1. The third-order valence-corrected chi connectivity index (χ3v) is 3.67. The number of H-pyrrole nitrogens is 1. The van der Waals surface area contributed by atoms with Gasteiger partial charge in [-0.3, -0.25) is 9.89 Å². The van der Waals surface area contributed by atoms with Crippen LogP contribution in [0.4, 0.5) is 5.82 Å². The Morgan fingerprint density at radius 2 is 2.04 bits per heavy atom. The minimum atomic E-state index is -0.437. The van der Waals surface area contributed by atoms with Gasteiger partial charge in [0.25, 0.3) is 5.91 Å². The van der Waals surface area contributed by atoms with Crippen molar-refractivity contribution in [2.24, 2.45) is 0 Å². The maximum absolute atomic E-state index is 12.2. The molecule has 116 valence electrons. The molecule has 1 aromatic heterocycles. The van der Waals surface area contributed by atoms with Gasteiger partial charge in [0.1, 0.15) is 5.75 Å². The molecule has 3 aromatic rings. The van der Waals surface area contributed by atoms with E-state index in [1.165, 1.54) is 18.2 Å². The second kappa shape index (κ2) is 6.14. The van der Waals surface area contributed by atoms with Crippen molar-refractivity contribution in [3.63, 3.8) is 0 Å². The van der Waals surface area contributed by atoms with Gasteiger partial charge in [0, 0.05) is 6.07 Å². The van der Waals surface area contributed by atoms with Crippen LogP contribution in [0.1, 0.15) is 15.9 Å². The molecule has 1 amide bonds. The van der Waals surface area contributed by atoms with E-state index in [-0.39, 0.29) is 16.3 Å². The van der Waals surface area contributed by atoms with Gasteiger partial charge in [-0.1, -0.05) is 35.4 Å². The number of hydrogen-bond donors (Lipinski definition) is 3. The van der Waals surface area contributed by atoms with E-state index in [0.717, 1.165) is 16.8 Å². The van der Waals surface area contributed by atoms with E-state index >= 15 is 0 Å². The van der Waals surface area contributed by atoms with Gasteiger partial charge in [0.05, 0.1) is 16.3 Å². The molecular formula is C17H14ClN3O2. The van der Waals surface area contributed by atoms with Crippen molar-refractivity contribution in [1.82, 2.24) is 10.2 Å². The zero-order chi connectivity index (χ0) is 16.4. The van der Waals surface area contributed by atoms with E-state index in [2.05, 4.69) is 15.5 Å². The number of aromatic amines is 1. The molecule has 0 spiro atoms. The lowest BCUT2D eigenvalue weighted by molar-refractivity contribution is 0.102. The molecule has 3 rings (SSSR count). The number of carbonyl (C=O) groups excluding carboxylic acids is 1. The van der Waals surface area contributed by atoms with Crippen molar-refractivity contribution in [1.29, 1.82) is 0 Å². The fourth-order valence-electron chi connectivity index (χ4n) is 2.22. The summed E-state index contributed by atoms with van der Waals surface area (Å²) in [5, 5.41) is 19.3. The van der Waals surface area contributed by atoms with Crippen LogP contribution in [0.25, 0.3) is 11.3 Å². The number of aromatic nitrogens is 2. The summed E-state index contributed by atoms with van der Waals surface area (Å²) >= 11 is 5.98. The third-order valence-electron chi connectivity index (χ3n) is 3.34. The summed E-state index contributed by atoms with van der Waals surface area (Å²) in [5.74, 6) is -0.0823. The lowest BCUT2D eigenvalue weighted by atomic mass is 10.1. The predicted molar refractivity (Wildman–Crippen MR) is 89.8 cm³/mol. The van der Waals surface area contributed by atoms with Crippen molar-refractivity contribution >= 4 is 23.3 Å². The highest BCUT2D eigenvalue weighted by Crippen LogP contribution is 2.24. The number of nitrogens with one attached hydrogen (secondary N) is 2. The van der Waals surface area contributed by atoms with Gasteiger partial charge in [0.15, 0.2) is 5.82 Å². The van der Waals surface area contributed by atoms with Gasteiger partial charge in [-0.2, -0.15) is 5.10 Å². The molecule has 3 N–H and O–H groups in total. The lowest BCUT2D eigenvalue weighted by Crippen LogP contribution is -2.12. The van der Waals surface area contributed by atoms with Gasteiger partial charge in [-0.25, -0.2) is 0 Å². The number of phenols is 1. The Morgan fingerprint density at radius 3 is 2.83 bits per heavy atom. The van der Waals surface area contributed by atoms with Crippen molar-refractivity contribution in [2.75, 3.05) is 5.32 Å². The molecule has 23 heavy (non-hydrogen) atoms. The van der Waals surface area contributed by atoms with Crippen molar-refractivity contribution in [3.05, 3.63) is 64.7 Å². The van der Waals surface area contributed by atoms with Crippen LogP contribution in [0.5, 0.6) is 5.75 Å². The van der Waals surface area contributed by atoms with Crippen molar-refractivity contribution in [2.45, 2.75) is 6.92 Å². The molecule has 0 aliphatic carbocycles. The summed E-state index contributed by atoms with van der Waals surface area (Å²) in [4.78, 5) is 12.2. The Labute approximate surface area is 137 Å². The molecule has 0 radical (unpaired) electrons. The highest BCUT2D eigenvalue weighted by Gasteiger charge is 2.13. The van der Waals surface area contributed by atoms with E-state index in [0.29, 0.717) is 5.82 Å². The first-order valence-corrected chi connectivity index (χ1v) is 7.33. The van der Waals surface area contributed by atoms with Crippen LogP contribution in [0.15, 0.2) is 48.5 Å². The second-order valence-electron chi connectivity index (χ2n) is 5.15. The molecule has 6 heteroatoms. The molecule has 0 saturated heterocycles. The number of nitrogens with zero attached hydrogens (tertiary/aromatic N) is 1. The topological polar surface area (TPSA) is 78.0 Å². The molecule has 1 heterocycles. The molecule has 5 nitrogen and oxygen atoms in total. The molecule has 0 fully saturated rings. The van der Waals surface area contributed by atoms with Crippen LogP contribution in [-0.2, 0) is 0 Å². The molecule has 0 aliphatic rings. The maximum Gasteiger partial charge on any atom is 0.258 e. The fourth-order valence-corrected chi connectivity index (χ4v) is 2.42. The first-order valence-electron chi connectivity index (χ1n) is 6.95. The number of anilines is 1. The molecule has 2 aromatic carbocycles. The van der Waals surface area contributed by atoms with Gasteiger partial charge in [-0.15, -0.1) is 0 Å². The average Bonchev–Trinajstić information content (AvgIpc) is 2.98. The van der Waals surface area contributed by atoms with Gasteiger partial charge < -0.3 is 10.4 Å². The Bertz CT molecular complexity index is 874. The van der Waals surface area contributed by atoms with E-state index in [9.17, 15) is 9.90 Å². The number of hydrogen-bond acceptors (Lipinski definition) is 3. The monoisotopic (exact) mass is 327 g/mol. The minimum Gasteiger partial charge on any atom is -0.508 e. The number of halogens is 1. The van der Waals surface area contributed by atoms with Crippen LogP contribution in [0.2, 0.25) is 5.02 Å².